The summed E-state index contributed by atoms with van der Waals surface area (Å²) in [6.07, 6.45) is 6.89. The molecule has 1 radical (unpaired) electrons. The van der Waals surface area contributed by atoms with E-state index in [1.165, 1.54) is 0 Å². The Morgan fingerprint density at radius 2 is 2.44 bits per heavy atom. The minimum Gasteiger partial charge on any atom is -0.192 e. The van der Waals surface area contributed by atoms with Crippen molar-refractivity contribution < 1.29 is 0 Å². The van der Waals surface area contributed by atoms with Crippen LogP contribution in [0.4, 0.5) is 0 Å². The lowest BCUT2D eigenvalue weighted by Crippen LogP contribution is -1.88. The van der Waals surface area contributed by atoms with Crippen molar-refractivity contribution in [1.82, 2.24) is 0 Å². The molecule has 0 N–H and O–H groups in total. The first-order valence-electron chi connectivity index (χ1n) is 2.95. The predicted octanol–water partition coefficient (Wildman–Crippen LogP) is 1.99. The molecule has 1 aliphatic carbocycles. The fraction of sp³-hybridized carbons (Fsp3) is 0.250. The molecule has 0 heterocycles. The second kappa shape index (κ2) is 2.50. The zero-order valence-corrected chi connectivity index (χ0v) is 5.39. The number of hydrogen-bond donors (Lipinski definition) is 0. The summed E-state index contributed by atoms with van der Waals surface area (Å²) in [5.74, 6) is 0. The standard InChI is InChI=1S/C8H8N/c1-7-4-2-3-5-8(7)6-9/h3-5H,2H2,1H3. The van der Waals surface area contributed by atoms with Crippen LogP contribution in [-0.2, 0) is 0 Å². The quantitative estimate of drug-likeness (QED) is 0.477. The molecule has 0 spiro atoms. The topological polar surface area (TPSA) is 23.8 Å². The Balaban J connectivity index is 2.88. The van der Waals surface area contributed by atoms with Gasteiger partial charge in [-0.2, -0.15) is 5.26 Å². The van der Waals surface area contributed by atoms with Crippen LogP contribution in [0.1, 0.15) is 13.3 Å². The normalized spacial score (nSPS) is 17.8. The van der Waals surface area contributed by atoms with E-state index in [0.29, 0.717) is 0 Å². The molecule has 1 rings (SSSR count). The van der Waals surface area contributed by atoms with Crippen LogP contribution in [0.15, 0.2) is 23.3 Å². The number of nitriles is 1. The van der Waals surface area contributed by atoms with Crippen LogP contribution < -0.4 is 0 Å². The molecule has 0 bridgehead atoms. The second-order valence-electron chi connectivity index (χ2n) is 2.05. The third-order valence-electron chi connectivity index (χ3n) is 1.39. The Hall–Kier alpha value is -1.03. The van der Waals surface area contributed by atoms with Gasteiger partial charge in [0.1, 0.15) is 0 Å². The Morgan fingerprint density at radius 1 is 1.67 bits per heavy atom. The molecular formula is C8H8N. The van der Waals surface area contributed by atoms with Gasteiger partial charge in [0.25, 0.3) is 0 Å². The van der Waals surface area contributed by atoms with Gasteiger partial charge >= 0.3 is 0 Å². The lowest BCUT2D eigenvalue weighted by atomic mass is 10.0. The highest BCUT2D eigenvalue weighted by Gasteiger charge is 2.01. The molecule has 0 aliphatic heterocycles. The SMILES string of the molecule is CC1=C(C#N)C=CC[CH]1. The average molecular weight is 118 g/mol. The molecular weight excluding hydrogens is 110 g/mol. The fourth-order valence-corrected chi connectivity index (χ4v) is 0.798. The summed E-state index contributed by atoms with van der Waals surface area (Å²) < 4.78 is 0. The Labute approximate surface area is 55.3 Å². The molecule has 1 aliphatic rings. The van der Waals surface area contributed by atoms with E-state index >= 15 is 0 Å². The molecule has 0 aromatic rings. The molecule has 1 nitrogen and oxygen atoms in total. The van der Waals surface area contributed by atoms with Gasteiger partial charge in [-0.05, 0) is 25.8 Å². The summed E-state index contributed by atoms with van der Waals surface area (Å²) in [5, 5.41) is 8.48. The van der Waals surface area contributed by atoms with E-state index in [2.05, 4.69) is 12.5 Å². The minimum atomic E-state index is 0.793. The van der Waals surface area contributed by atoms with Gasteiger partial charge in [0.2, 0.25) is 0 Å². The molecule has 0 aromatic heterocycles. The monoisotopic (exact) mass is 118 g/mol. The summed E-state index contributed by atoms with van der Waals surface area (Å²) >= 11 is 0. The largest absolute Gasteiger partial charge is 0.192 e. The third kappa shape index (κ3) is 1.20. The first-order valence-corrected chi connectivity index (χ1v) is 2.95. The van der Waals surface area contributed by atoms with Gasteiger partial charge in [-0.15, -0.1) is 0 Å². The highest BCUT2D eigenvalue weighted by molar-refractivity contribution is 5.43. The maximum absolute atomic E-state index is 8.48. The number of allylic oxidation sites excluding steroid dienone is 4. The van der Waals surface area contributed by atoms with Crippen LogP contribution in [0, 0.1) is 17.8 Å². The van der Waals surface area contributed by atoms with E-state index in [0.717, 1.165) is 17.6 Å². The highest BCUT2D eigenvalue weighted by atomic mass is 14.2. The second-order valence-corrected chi connectivity index (χ2v) is 2.05. The van der Waals surface area contributed by atoms with Crippen molar-refractivity contribution in [3.05, 3.63) is 29.7 Å². The number of rotatable bonds is 0. The first-order chi connectivity index (χ1) is 4.34. The van der Waals surface area contributed by atoms with Crippen LogP contribution in [-0.4, -0.2) is 0 Å². The molecule has 0 saturated carbocycles. The summed E-state index contributed by atoms with van der Waals surface area (Å²) in [6, 6.07) is 2.12. The lowest BCUT2D eigenvalue weighted by molar-refractivity contribution is 1.16. The van der Waals surface area contributed by atoms with E-state index < -0.39 is 0 Å². The molecule has 0 aromatic carbocycles. The Bertz CT molecular complexity index is 203. The van der Waals surface area contributed by atoms with Gasteiger partial charge < -0.3 is 0 Å². The smallest absolute Gasteiger partial charge is 0.0991 e. The first kappa shape index (κ1) is 6.10. The Morgan fingerprint density at radius 3 is 2.89 bits per heavy atom. The molecule has 0 unspecified atom stereocenters. The van der Waals surface area contributed by atoms with Crippen LogP contribution in [0.2, 0.25) is 0 Å². The molecule has 0 amide bonds. The van der Waals surface area contributed by atoms with Crippen molar-refractivity contribution in [2.75, 3.05) is 0 Å². The van der Waals surface area contributed by atoms with Gasteiger partial charge in [0.05, 0.1) is 11.6 Å². The molecule has 0 atom stereocenters. The fourth-order valence-electron chi connectivity index (χ4n) is 0.798. The van der Waals surface area contributed by atoms with E-state index in [1.807, 2.05) is 19.1 Å². The van der Waals surface area contributed by atoms with Gasteiger partial charge in [0, 0.05) is 0 Å². The van der Waals surface area contributed by atoms with Crippen molar-refractivity contribution in [3.63, 3.8) is 0 Å². The molecule has 9 heavy (non-hydrogen) atoms. The number of hydrogen-bond acceptors (Lipinski definition) is 1. The predicted molar refractivity (Wildman–Crippen MR) is 36.4 cm³/mol. The van der Waals surface area contributed by atoms with Crippen molar-refractivity contribution in [3.8, 4) is 6.07 Å². The van der Waals surface area contributed by atoms with Crippen molar-refractivity contribution in [2.45, 2.75) is 13.3 Å². The van der Waals surface area contributed by atoms with Gasteiger partial charge in [-0.1, -0.05) is 11.6 Å². The summed E-state index contributed by atoms with van der Waals surface area (Å²) in [4.78, 5) is 0. The van der Waals surface area contributed by atoms with E-state index in [1.54, 1.807) is 0 Å². The van der Waals surface area contributed by atoms with Gasteiger partial charge in [-0.25, -0.2) is 0 Å². The minimum absolute atomic E-state index is 0.793. The van der Waals surface area contributed by atoms with Crippen LogP contribution in [0.25, 0.3) is 0 Å². The number of nitrogens with zero attached hydrogens (tertiary/aromatic N) is 1. The zero-order valence-electron chi connectivity index (χ0n) is 5.39. The van der Waals surface area contributed by atoms with Crippen molar-refractivity contribution >= 4 is 0 Å². The van der Waals surface area contributed by atoms with Crippen molar-refractivity contribution in [1.29, 1.82) is 5.26 Å². The average Bonchev–Trinajstić information content (AvgIpc) is 1.89. The molecule has 45 valence electrons. The summed E-state index contributed by atoms with van der Waals surface area (Å²) in [7, 11) is 0. The maximum Gasteiger partial charge on any atom is 0.0991 e. The summed E-state index contributed by atoms with van der Waals surface area (Å²) in [5.41, 5.74) is 1.89. The van der Waals surface area contributed by atoms with E-state index in [-0.39, 0.29) is 0 Å². The molecule has 1 heteroatoms. The maximum atomic E-state index is 8.48. The van der Waals surface area contributed by atoms with E-state index in [9.17, 15) is 0 Å². The van der Waals surface area contributed by atoms with Crippen molar-refractivity contribution in [2.24, 2.45) is 0 Å². The lowest BCUT2D eigenvalue weighted by Gasteiger charge is -2.03. The van der Waals surface area contributed by atoms with Crippen LogP contribution in [0.5, 0.6) is 0 Å². The Kier molecular flexibility index (Phi) is 1.69. The van der Waals surface area contributed by atoms with Crippen LogP contribution >= 0.6 is 0 Å². The van der Waals surface area contributed by atoms with Gasteiger partial charge in [-0.3, -0.25) is 0 Å². The zero-order chi connectivity index (χ0) is 6.69. The highest BCUT2D eigenvalue weighted by Crippen LogP contribution is 2.15. The molecule has 0 saturated heterocycles. The molecule has 0 fully saturated rings. The van der Waals surface area contributed by atoms with E-state index in [4.69, 9.17) is 5.26 Å². The van der Waals surface area contributed by atoms with Gasteiger partial charge in [0.15, 0.2) is 0 Å². The van der Waals surface area contributed by atoms with Crippen LogP contribution in [0.3, 0.4) is 0 Å². The third-order valence-corrected chi connectivity index (χ3v) is 1.39. The summed E-state index contributed by atoms with van der Waals surface area (Å²) in [6.45, 7) is 1.96.